The summed E-state index contributed by atoms with van der Waals surface area (Å²) in [5.41, 5.74) is 8.02. The zero-order valence-corrected chi connectivity index (χ0v) is 11.7. The van der Waals surface area contributed by atoms with Crippen LogP contribution in [0.1, 0.15) is 44.1 Å². The average molecular weight is 261 g/mol. The molecule has 0 aromatic heterocycles. The number of nitrogen functional groups attached to an aromatic ring is 1. The van der Waals surface area contributed by atoms with Crippen LogP contribution in [0.2, 0.25) is 0 Å². The van der Waals surface area contributed by atoms with Gasteiger partial charge in [-0.1, -0.05) is 25.0 Å². The Morgan fingerprint density at radius 2 is 2.11 bits per heavy atom. The third-order valence-corrected chi connectivity index (χ3v) is 4.56. The summed E-state index contributed by atoms with van der Waals surface area (Å²) in [7, 11) is 0. The summed E-state index contributed by atoms with van der Waals surface area (Å²) in [4.78, 5) is 0. The Labute approximate surface area is 115 Å². The third-order valence-electron chi connectivity index (χ3n) is 4.56. The molecule has 19 heavy (non-hydrogen) atoms. The number of anilines is 1. The molecule has 1 saturated carbocycles. The Bertz CT molecular complexity index is 452. The number of hydrogen-bond donors (Lipinski definition) is 1. The second-order valence-corrected chi connectivity index (χ2v) is 5.97. The smallest absolute Gasteiger partial charge is 0.142 e. The second-order valence-electron chi connectivity index (χ2n) is 5.97. The van der Waals surface area contributed by atoms with Crippen LogP contribution in [0, 0.1) is 6.92 Å². The maximum absolute atomic E-state index is 6.24. The molecule has 3 heteroatoms. The molecular formula is C16H23NO2. The lowest BCUT2D eigenvalue weighted by Gasteiger charge is -2.24. The van der Waals surface area contributed by atoms with E-state index in [1.807, 2.05) is 25.1 Å². The summed E-state index contributed by atoms with van der Waals surface area (Å²) in [6, 6.07) is 5.92. The molecule has 3 rings (SSSR count). The van der Waals surface area contributed by atoms with Gasteiger partial charge in [0.1, 0.15) is 12.4 Å². The topological polar surface area (TPSA) is 44.5 Å². The number of para-hydroxylation sites is 1. The van der Waals surface area contributed by atoms with Crippen molar-refractivity contribution in [3.8, 4) is 5.75 Å². The van der Waals surface area contributed by atoms with Crippen molar-refractivity contribution in [1.29, 1.82) is 0 Å². The summed E-state index contributed by atoms with van der Waals surface area (Å²) >= 11 is 0. The third kappa shape index (κ3) is 2.57. The average Bonchev–Trinajstić information content (AvgIpc) is 3.02. The van der Waals surface area contributed by atoms with Crippen molar-refractivity contribution in [2.45, 2.75) is 57.2 Å². The van der Waals surface area contributed by atoms with Gasteiger partial charge in [-0.3, -0.25) is 0 Å². The minimum absolute atomic E-state index is 0.187. The Kier molecular flexibility index (Phi) is 3.40. The van der Waals surface area contributed by atoms with Gasteiger partial charge in [0.05, 0.1) is 17.4 Å². The van der Waals surface area contributed by atoms with E-state index in [0.717, 1.165) is 23.4 Å². The minimum atomic E-state index is 0.187. The standard InChI is InChI=1S/C16H23NO2/c1-12-5-4-6-14(15(12)17)18-11-13-7-10-16(19-13)8-2-3-9-16/h4-6,13H,2-3,7-11,17H2,1H3. The summed E-state index contributed by atoms with van der Waals surface area (Å²) in [5, 5.41) is 0. The Hall–Kier alpha value is -1.22. The Balaban J connectivity index is 1.57. The predicted octanol–water partition coefficient (Wildman–Crippen LogP) is 3.45. The molecule has 1 unspecified atom stereocenters. The summed E-state index contributed by atoms with van der Waals surface area (Å²) in [6.07, 6.45) is 7.65. The molecule has 0 radical (unpaired) electrons. The van der Waals surface area contributed by atoms with E-state index in [2.05, 4.69) is 0 Å². The van der Waals surface area contributed by atoms with Gasteiger partial charge in [-0.05, 0) is 44.2 Å². The molecule has 1 aliphatic carbocycles. The van der Waals surface area contributed by atoms with Crippen LogP contribution in [0.15, 0.2) is 18.2 Å². The van der Waals surface area contributed by atoms with E-state index in [-0.39, 0.29) is 11.7 Å². The van der Waals surface area contributed by atoms with Crippen LogP contribution >= 0.6 is 0 Å². The zero-order chi connectivity index (χ0) is 13.3. The monoisotopic (exact) mass is 261 g/mol. The van der Waals surface area contributed by atoms with E-state index in [1.54, 1.807) is 0 Å². The molecule has 1 atom stereocenters. The van der Waals surface area contributed by atoms with Crippen LogP contribution < -0.4 is 10.5 Å². The van der Waals surface area contributed by atoms with Gasteiger partial charge in [-0.2, -0.15) is 0 Å². The van der Waals surface area contributed by atoms with Crippen LogP contribution in [-0.2, 0) is 4.74 Å². The fourth-order valence-electron chi connectivity index (χ4n) is 3.36. The van der Waals surface area contributed by atoms with Gasteiger partial charge in [-0.15, -0.1) is 0 Å². The molecule has 1 aromatic carbocycles. The zero-order valence-electron chi connectivity index (χ0n) is 11.7. The highest BCUT2D eigenvalue weighted by atomic mass is 16.6. The predicted molar refractivity (Wildman–Crippen MR) is 76.4 cm³/mol. The number of benzene rings is 1. The normalized spacial score (nSPS) is 25.0. The van der Waals surface area contributed by atoms with E-state index < -0.39 is 0 Å². The van der Waals surface area contributed by atoms with Crippen molar-refractivity contribution in [3.63, 3.8) is 0 Å². The highest BCUT2D eigenvalue weighted by molar-refractivity contribution is 5.57. The number of aryl methyl sites for hydroxylation is 1. The molecule has 0 bridgehead atoms. The van der Waals surface area contributed by atoms with Crippen molar-refractivity contribution >= 4 is 5.69 Å². The molecule has 3 nitrogen and oxygen atoms in total. The Morgan fingerprint density at radius 3 is 2.89 bits per heavy atom. The molecule has 0 amide bonds. The SMILES string of the molecule is Cc1cccc(OCC2CCC3(CCCC3)O2)c1N. The first-order chi connectivity index (χ1) is 9.19. The summed E-state index contributed by atoms with van der Waals surface area (Å²) in [5.74, 6) is 0.788. The molecule has 1 aliphatic heterocycles. The number of rotatable bonds is 3. The van der Waals surface area contributed by atoms with Crippen LogP contribution in [0.4, 0.5) is 5.69 Å². The number of nitrogens with two attached hydrogens (primary N) is 1. The quantitative estimate of drug-likeness (QED) is 0.848. The lowest BCUT2D eigenvalue weighted by atomic mass is 9.98. The number of hydrogen-bond acceptors (Lipinski definition) is 3. The van der Waals surface area contributed by atoms with E-state index in [9.17, 15) is 0 Å². The van der Waals surface area contributed by atoms with Crippen LogP contribution in [0.25, 0.3) is 0 Å². The van der Waals surface area contributed by atoms with E-state index >= 15 is 0 Å². The minimum Gasteiger partial charge on any atom is -0.489 e. The molecule has 1 spiro atoms. The number of ether oxygens (including phenoxy) is 2. The lowest BCUT2D eigenvalue weighted by Crippen LogP contribution is -2.27. The largest absolute Gasteiger partial charge is 0.489 e. The van der Waals surface area contributed by atoms with Crippen molar-refractivity contribution in [1.82, 2.24) is 0 Å². The van der Waals surface area contributed by atoms with E-state index in [0.29, 0.717) is 6.61 Å². The first kappa shape index (κ1) is 12.8. The van der Waals surface area contributed by atoms with Gasteiger partial charge in [0.25, 0.3) is 0 Å². The molecule has 1 heterocycles. The van der Waals surface area contributed by atoms with Gasteiger partial charge in [0.2, 0.25) is 0 Å². The van der Waals surface area contributed by atoms with Gasteiger partial charge < -0.3 is 15.2 Å². The maximum Gasteiger partial charge on any atom is 0.142 e. The molecule has 1 saturated heterocycles. The fraction of sp³-hybridized carbons (Fsp3) is 0.625. The van der Waals surface area contributed by atoms with Gasteiger partial charge in [-0.25, -0.2) is 0 Å². The van der Waals surface area contributed by atoms with Crippen molar-refractivity contribution in [2.75, 3.05) is 12.3 Å². The Morgan fingerprint density at radius 1 is 1.32 bits per heavy atom. The highest BCUT2D eigenvalue weighted by Crippen LogP contribution is 2.43. The van der Waals surface area contributed by atoms with Crippen molar-refractivity contribution in [3.05, 3.63) is 23.8 Å². The molecule has 1 aromatic rings. The van der Waals surface area contributed by atoms with Gasteiger partial charge >= 0.3 is 0 Å². The van der Waals surface area contributed by atoms with E-state index in [4.69, 9.17) is 15.2 Å². The lowest BCUT2D eigenvalue weighted by molar-refractivity contribution is -0.0508. The second kappa shape index (κ2) is 5.04. The van der Waals surface area contributed by atoms with Crippen LogP contribution in [0.5, 0.6) is 5.75 Å². The van der Waals surface area contributed by atoms with Gasteiger partial charge in [0.15, 0.2) is 0 Å². The van der Waals surface area contributed by atoms with Gasteiger partial charge in [0, 0.05) is 0 Å². The van der Waals surface area contributed by atoms with Crippen molar-refractivity contribution in [2.24, 2.45) is 0 Å². The van der Waals surface area contributed by atoms with Crippen molar-refractivity contribution < 1.29 is 9.47 Å². The molecule has 2 N–H and O–H groups in total. The summed E-state index contributed by atoms with van der Waals surface area (Å²) in [6.45, 7) is 2.62. The van der Waals surface area contributed by atoms with E-state index in [1.165, 1.54) is 32.1 Å². The summed E-state index contributed by atoms with van der Waals surface area (Å²) < 4.78 is 12.1. The highest BCUT2D eigenvalue weighted by Gasteiger charge is 2.42. The fourth-order valence-corrected chi connectivity index (χ4v) is 3.36. The molecule has 2 aliphatic rings. The maximum atomic E-state index is 6.24. The van der Waals surface area contributed by atoms with Crippen LogP contribution in [-0.4, -0.2) is 18.3 Å². The first-order valence-corrected chi connectivity index (χ1v) is 7.34. The molecule has 2 fully saturated rings. The molecule has 104 valence electrons. The molecular weight excluding hydrogens is 238 g/mol. The van der Waals surface area contributed by atoms with Crippen LogP contribution in [0.3, 0.4) is 0 Å². The first-order valence-electron chi connectivity index (χ1n) is 7.34.